The maximum absolute atomic E-state index is 10.1. The number of nitrogens with zero attached hydrogens (tertiary/aromatic N) is 6. The Kier molecular flexibility index (Phi) is 8.17. The molecule has 7 nitrogen and oxygen atoms in total. The fourth-order valence-corrected chi connectivity index (χ4v) is 4.63. The molecule has 2 aromatic heterocycles. The number of aromatic nitrogens is 4. The Hall–Kier alpha value is -3.92. The monoisotopic (exact) mass is 481 g/mol. The van der Waals surface area contributed by atoms with Gasteiger partial charge in [0.1, 0.15) is 23.0 Å². The molecule has 0 spiro atoms. The molecule has 0 bridgehead atoms. The van der Waals surface area contributed by atoms with Crippen molar-refractivity contribution in [2.24, 2.45) is 7.05 Å². The van der Waals surface area contributed by atoms with Gasteiger partial charge in [-0.15, -0.1) is 0 Å². The van der Waals surface area contributed by atoms with Crippen LogP contribution in [-0.4, -0.2) is 32.8 Å². The minimum absolute atomic E-state index is 0.522. The van der Waals surface area contributed by atoms with E-state index in [1.165, 1.54) is 16.7 Å². The number of hydrogen-bond acceptors (Lipinski definition) is 6. The first-order valence-corrected chi connectivity index (χ1v) is 12.9. The summed E-state index contributed by atoms with van der Waals surface area (Å²) in [4.78, 5) is 11.7. The van der Waals surface area contributed by atoms with Crippen LogP contribution in [0.5, 0.6) is 0 Å². The number of benzene rings is 2. The Balaban J connectivity index is 1.61. The van der Waals surface area contributed by atoms with Crippen LogP contribution in [0.3, 0.4) is 0 Å². The summed E-state index contributed by atoms with van der Waals surface area (Å²) in [7, 11) is 1.95. The van der Waals surface area contributed by atoms with E-state index in [0.717, 1.165) is 67.9 Å². The summed E-state index contributed by atoms with van der Waals surface area (Å²) in [5.74, 6) is 0.825. The third-order valence-electron chi connectivity index (χ3n) is 6.43. The number of hydrogen-bond donors (Lipinski definition) is 1. The summed E-state index contributed by atoms with van der Waals surface area (Å²) in [5.41, 5.74) is 7.50. The van der Waals surface area contributed by atoms with Crippen molar-refractivity contribution in [1.82, 2.24) is 19.7 Å². The number of rotatable bonds is 11. The van der Waals surface area contributed by atoms with Gasteiger partial charge in [0.05, 0.1) is 23.6 Å². The lowest BCUT2D eigenvalue weighted by atomic mass is 9.98. The molecule has 0 aliphatic carbocycles. The first-order valence-electron chi connectivity index (χ1n) is 12.9. The lowest BCUT2D eigenvalue weighted by molar-refractivity contribution is 0.734. The van der Waals surface area contributed by atoms with E-state index in [2.05, 4.69) is 71.5 Å². The maximum atomic E-state index is 10.1. The Morgan fingerprint density at radius 1 is 1.00 bits per heavy atom. The summed E-state index contributed by atoms with van der Waals surface area (Å²) >= 11 is 0. The second-order valence-corrected chi connectivity index (χ2v) is 9.17. The molecule has 36 heavy (non-hydrogen) atoms. The van der Waals surface area contributed by atoms with Gasteiger partial charge in [0.15, 0.2) is 0 Å². The maximum Gasteiger partial charge on any atom is 0.147 e. The molecule has 0 amide bonds. The molecule has 1 N–H and O–H groups in total. The number of nitriles is 1. The highest BCUT2D eigenvalue weighted by molar-refractivity contribution is 5.89. The molecule has 0 aliphatic heterocycles. The average molecular weight is 482 g/mol. The van der Waals surface area contributed by atoms with Gasteiger partial charge in [-0.25, -0.2) is 4.98 Å². The predicted octanol–water partition coefficient (Wildman–Crippen LogP) is 5.95. The molecule has 2 heterocycles. The van der Waals surface area contributed by atoms with Crippen molar-refractivity contribution in [1.29, 1.82) is 5.26 Å². The zero-order valence-corrected chi connectivity index (χ0v) is 21.8. The summed E-state index contributed by atoms with van der Waals surface area (Å²) in [6, 6.07) is 12.7. The van der Waals surface area contributed by atoms with Gasteiger partial charge in [-0.05, 0) is 73.1 Å². The van der Waals surface area contributed by atoms with Crippen molar-refractivity contribution in [2.75, 3.05) is 23.3 Å². The minimum Gasteiger partial charge on any atom is -0.355 e. The number of nitrogens with one attached hydrogen (secondary N) is 1. The molecule has 0 unspecified atom stereocenters. The van der Waals surface area contributed by atoms with Crippen LogP contribution in [-0.2, 0) is 26.3 Å². The molecule has 186 valence electrons. The van der Waals surface area contributed by atoms with Crippen LogP contribution in [0.4, 0.5) is 17.2 Å². The molecular formula is C29H35N7. The van der Waals surface area contributed by atoms with Crippen molar-refractivity contribution >= 4 is 28.2 Å². The lowest BCUT2D eigenvalue weighted by Gasteiger charge is -2.22. The molecule has 7 heteroatoms. The first kappa shape index (κ1) is 25.2. The second kappa shape index (κ2) is 11.7. The van der Waals surface area contributed by atoms with Crippen molar-refractivity contribution in [3.63, 3.8) is 0 Å². The smallest absolute Gasteiger partial charge is 0.147 e. The summed E-state index contributed by atoms with van der Waals surface area (Å²) in [6.07, 6.45) is 10.8. The van der Waals surface area contributed by atoms with E-state index in [1.54, 1.807) is 0 Å². The van der Waals surface area contributed by atoms with Crippen LogP contribution >= 0.6 is 0 Å². The fourth-order valence-electron chi connectivity index (χ4n) is 4.63. The predicted molar refractivity (Wildman–Crippen MR) is 147 cm³/mol. The lowest BCUT2D eigenvalue weighted by Crippen LogP contribution is -2.26. The SMILES string of the molecule is CCCN(CCC)c1cnc2ccc(Nc3ccc(CCc4cnn(C)c4)c(CC)c3)c(C#N)c2n1. The quantitative estimate of drug-likeness (QED) is 0.285. The van der Waals surface area contributed by atoms with Crippen LogP contribution in [0.25, 0.3) is 11.0 Å². The molecule has 4 aromatic rings. The van der Waals surface area contributed by atoms with Crippen LogP contribution in [0, 0.1) is 11.3 Å². The van der Waals surface area contributed by atoms with E-state index in [-0.39, 0.29) is 0 Å². The Bertz CT molecular complexity index is 1360. The van der Waals surface area contributed by atoms with Crippen molar-refractivity contribution in [3.8, 4) is 6.07 Å². The van der Waals surface area contributed by atoms with E-state index >= 15 is 0 Å². The molecule has 0 saturated heterocycles. The van der Waals surface area contributed by atoms with Gasteiger partial charge in [0.25, 0.3) is 0 Å². The second-order valence-electron chi connectivity index (χ2n) is 9.17. The van der Waals surface area contributed by atoms with Gasteiger partial charge in [0.2, 0.25) is 0 Å². The summed E-state index contributed by atoms with van der Waals surface area (Å²) in [5, 5.41) is 17.8. The third-order valence-corrected chi connectivity index (χ3v) is 6.43. The Morgan fingerprint density at radius 2 is 1.81 bits per heavy atom. The largest absolute Gasteiger partial charge is 0.355 e. The van der Waals surface area contributed by atoms with Crippen molar-refractivity contribution in [3.05, 3.63) is 71.2 Å². The highest BCUT2D eigenvalue weighted by atomic mass is 15.2. The molecule has 0 saturated carbocycles. The number of fused-ring (bicyclic) bond motifs is 1. The highest BCUT2D eigenvalue weighted by Gasteiger charge is 2.14. The fraction of sp³-hybridized carbons (Fsp3) is 0.379. The van der Waals surface area contributed by atoms with Gasteiger partial charge < -0.3 is 10.2 Å². The van der Waals surface area contributed by atoms with Gasteiger partial charge in [-0.2, -0.15) is 10.4 Å². The van der Waals surface area contributed by atoms with Crippen LogP contribution in [0.2, 0.25) is 0 Å². The molecule has 0 radical (unpaired) electrons. The van der Waals surface area contributed by atoms with Crippen molar-refractivity contribution in [2.45, 2.75) is 52.9 Å². The standard InChI is InChI=1S/C29H35N7/c1-5-14-36(15-6-2)28-19-31-27-13-12-26(25(17-30)29(27)34-28)33-24-11-10-23(22(7-3)16-24)9-8-21-18-32-35(4)20-21/h10-13,16,18-20,33H,5-9,14-15H2,1-4H3. The van der Waals surface area contributed by atoms with Gasteiger partial charge >= 0.3 is 0 Å². The van der Waals surface area contributed by atoms with Gasteiger partial charge in [0, 0.05) is 32.0 Å². The van der Waals surface area contributed by atoms with Gasteiger partial charge in [-0.3, -0.25) is 9.67 Å². The summed E-state index contributed by atoms with van der Waals surface area (Å²) in [6.45, 7) is 8.34. The zero-order valence-electron chi connectivity index (χ0n) is 21.8. The summed E-state index contributed by atoms with van der Waals surface area (Å²) < 4.78 is 1.85. The highest BCUT2D eigenvalue weighted by Crippen LogP contribution is 2.29. The van der Waals surface area contributed by atoms with Crippen molar-refractivity contribution < 1.29 is 0 Å². The molecular weight excluding hydrogens is 446 g/mol. The van der Waals surface area contributed by atoms with E-state index in [1.807, 2.05) is 36.3 Å². The van der Waals surface area contributed by atoms with Crippen LogP contribution in [0.1, 0.15) is 55.9 Å². The zero-order chi connectivity index (χ0) is 25.5. The Morgan fingerprint density at radius 3 is 2.47 bits per heavy atom. The third kappa shape index (κ3) is 5.65. The molecule has 4 rings (SSSR count). The topological polar surface area (TPSA) is 82.7 Å². The van der Waals surface area contributed by atoms with E-state index < -0.39 is 0 Å². The molecule has 0 fully saturated rings. The first-order chi connectivity index (χ1) is 17.6. The number of anilines is 3. The van der Waals surface area contributed by atoms with E-state index in [4.69, 9.17) is 4.98 Å². The minimum atomic E-state index is 0.522. The van der Waals surface area contributed by atoms with Gasteiger partial charge in [-0.1, -0.05) is 26.8 Å². The average Bonchev–Trinajstić information content (AvgIpc) is 3.32. The van der Waals surface area contributed by atoms with Crippen LogP contribution in [0.15, 0.2) is 48.9 Å². The van der Waals surface area contributed by atoms with E-state index in [0.29, 0.717) is 11.1 Å². The molecule has 2 aromatic carbocycles. The van der Waals surface area contributed by atoms with Crippen LogP contribution < -0.4 is 10.2 Å². The number of aryl methyl sites for hydroxylation is 4. The van der Waals surface area contributed by atoms with E-state index in [9.17, 15) is 5.26 Å². The molecule has 0 atom stereocenters. The molecule has 0 aliphatic rings. The normalized spacial score (nSPS) is 11.0. The Labute approximate surface area is 213 Å².